The topological polar surface area (TPSA) is 69.6 Å². The first-order valence-corrected chi connectivity index (χ1v) is 6.18. The molecule has 1 amide bonds. The minimum atomic E-state index is -1.04. The van der Waals surface area contributed by atoms with Gasteiger partial charge in [0, 0.05) is 12.1 Å². The molecule has 0 rings (SSSR count). The number of nitrogens with zero attached hydrogens (tertiary/aromatic N) is 1. The van der Waals surface area contributed by atoms with Gasteiger partial charge in [-0.05, 0) is 20.4 Å². The predicted octanol–water partition coefficient (Wildman–Crippen LogP) is 1.72. The SMILES string of the molecule is CCCCCC(NC)C(C)N(CC=O)C(=O)O. The molecule has 0 heterocycles. The lowest BCUT2D eigenvalue weighted by Gasteiger charge is -2.31. The Labute approximate surface area is 103 Å². The Morgan fingerprint density at radius 1 is 1.47 bits per heavy atom. The molecule has 100 valence electrons. The molecule has 2 N–H and O–H groups in total. The van der Waals surface area contributed by atoms with Crippen LogP contribution in [-0.4, -0.2) is 48.1 Å². The summed E-state index contributed by atoms with van der Waals surface area (Å²) in [6.07, 6.45) is 3.87. The van der Waals surface area contributed by atoms with Crippen molar-refractivity contribution in [1.82, 2.24) is 10.2 Å². The molecule has 0 spiro atoms. The summed E-state index contributed by atoms with van der Waals surface area (Å²) >= 11 is 0. The van der Waals surface area contributed by atoms with Crippen molar-refractivity contribution in [3.63, 3.8) is 0 Å². The summed E-state index contributed by atoms with van der Waals surface area (Å²) in [7, 11) is 1.83. The van der Waals surface area contributed by atoms with Crippen molar-refractivity contribution >= 4 is 12.4 Å². The molecule has 5 nitrogen and oxygen atoms in total. The Hall–Kier alpha value is -1.10. The van der Waals surface area contributed by atoms with E-state index in [0.717, 1.165) is 25.7 Å². The van der Waals surface area contributed by atoms with Crippen LogP contribution < -0.4 is 5.32 Å². The first-order chi connectivity index (χ1) is 8.08. The van der Waals surface area contributed by atoms with E-state index in [1.54, 1.807) is 0 Å². The van der Waals surface area contributed by atoms with Crippen molar-refractivity contribution in [3.05, 3.63) is 0 Å². The summed E-state index contributed by atoms with van der Waals surface area (Å²) in [5, 5.41) is 12.2. The van der Waals surface area contributed by atoms with E-state index in [1.807, 2.05) is 14.0 Å². The normalized spacial score (nSPS) is 14.1. The summed E-state index contributed by atoms with van der Waals surface area (Å²) in [5.74, 6) is 0. The van der Waals surface area contributed by atoms with Crippen LogP contribution in [0.4, 0.5) is 4.79 Å². The van der Waals surface area contributed by atoms with Crippen LogP contribution in [0.15, 0.2) is 0 Å². The molecule has 0 saturated carbocycles. The Morgan fingerprint density at radius 3 is 2.53 bits per heavy atom. The Morgan fingerprint density at radius 2 is 2.12 bits per heavy atom. The first-order valence-electron chi connectivity index (χ1n) is 6.18. The van der Waals surface area contributed by atoms with Gasteiger partial charge < -0.3 is 15.2 Å². The molecule has 5 heteroatoms. The lowest BCUT2D eigenvalue weighted by molar-refractivity contribution is -0.109. The second kappa shape index (κ2) is 8.98. The average molecular weight is 244 g/mol. The molecule has 0 fully saturated rings. The van der Waals surface area contributed by atoms with E-state index < -0.39 is 6.09 Å². The number of nitrogens with one attached hydrogen (secondary N) is 1. The van der Waals surface area contributed by atoms with Gasteiger partial charge in [0.1, 0.15) is 6.29 Å². The van der Waals surface area contributed by atoms with Crippen LogP contribution in [0.2, 0.25) is 0 Å². The van der Waals surface area contributed by atoms with Gasteiger partial charge in [-0.2, -0.15) is 0 Å². The maximum atomic E-state index is 11.0. The van der Waals surface area contributed by atoms with Gasteiger partial charge in [0.2, 0.25) is 0 Å². The Kier molecular flexibility index (Phi) is 8.40. The lowest BCUT2D eigenvalue weighted by Crippen LogP contribution is -2.50. The minimum absolute atomic E-state index is 0.0670. The number of aldehydes is 1. The van der Waals surface area contributed by atoms with Gasteiger partial charge in [-0.15, -0.1) is 0 Å². The number of unbranched alkanes of at least 4 members (excludes halogenated alkanes) is 2. The highest BCUT2D eigenvalue weighted by molar-refractivity contribution is 5.69. The van der Waals surface area contributed by atoms with Gasteiger partial charge >= 0.3 is 6.09 Å². The summed E-state index contributed by atoms with van der Waals surface area (Å²) < 4.78 is 0. The standard InChI is InChI=1S/C12H24N2O3/c1-4-5-6-7-11(13-3)10(2)14(8-9-15)12(16)17/h9-11,13H,4-8H2,1-3H3,(H,16,17). The molecule has 0 radical (unpaired) electrons. The van der Waals surface area contributed by atoms with Gasteiger partial charge in [0.05, 0.1) is 6.54 Å². The van der Waals surface area contributed by atoms with Crippen LogP contribution >= 0.6 is 0 Å². The van der Waals surface area contributed by atoms with Crippen molar-refractivity contribution in [1.29, 1.82) is 0 Å². The number of carboxylic acid groups (broad SMARTS) is 1. The molecule has 0 aliphatic rings. The minimum Gasteiger partial charge on any atom is -0.465 e. The maximum Gasteiger partial charge on any atom is 0.407 e. The molecule has 17 heavy (non-hydrogen) atoms. The summed E-state index contributed by atoms with van der Waals surface area (Å²) in [6, 6.07) is -0.0999. The van der Waals surface area contributed by atoms with Crippen molar-refractivity contribution in [2.24, 2.45) is 0 Å². The van der Waals surface area contributed by atoms with Crippen LogP contribution in [-0.2, 0) is 4.79 Å². The fraction of sp³-hybridized carbons (Fsp3) is 0.833. The highest BCUT2D eigenvalue weighted by Gasteiger charge is 2.25. The summed E-state index contributed by atoms with van der Waals surface area (Å²) in [4.78, 5) is 22.7. The first kappa shape index (κ1) is 15.9. The van der Waals surface area contributed by atoms with Crippen LogP contribution in [0.1, 0.15) is 39.5 Å². The van der Waals surface area contributed by atoms with Crippen LogP contribution in [0.3, 0.4) is 0 Å². The van der Waals surface area contributed by atoms with E-state index in [4.69, 9.17) is 5.11 Å². The van der Waals surface area contributed by atoms with Crippen LogP contribution in [0, 0.1) is 0 Å². The van der Waals surface area contributed by atoms with E-state index in [2.05, 4.69) is 12.2 Å². The van der Waals surface area contributed by atoms with E-state index in [0.29, 0.717) is 6.29 Å². The molecule has 0 aromatic carbocycles. The maximum absolute atomic E-state index is 11.0. The number of rotatable bonds is 9. The second-order valence-corrected chi connectivity index (χ2v) is 4.23. The zero-order valence-corrected chi connectivity index (χ0v) is 11.0. The lowest BCUT2D eigenvalue weighted by atomic mass is 10.0. The van der Waals surface area contributed by atoms with E-state index in [1.165, 1.54) is 4.90 Å². The highest BCUT2D eigenvalue weighted by atomic mass is 16.4. The molecule has 0 aromatic rings. The number of likely N-dealkylation sites (N-methyl/N-ethyl adjacent to an activating group) is 1. The van der Waals surface area contributed by atoms with Gasteiger partial charge in [-0.25, -0.2) is 4.79 Å². The third kappa shape index (κ3) is 5.68. The highest BCUT2D eigenvalue weighted by Crippen LogP contribution is 2.11. The van der Waals surface area contributed by atoms with Gasteiger partial charge in [0.15, 0.2) is 0 Å². The Bertz CT molecular complexity index is 234. The monoisotopic (exact) mass is 244 g/mol. The van der Waals surface area contributed by atoms with E-state index in [9.17, 15) is 9.59 Å². The van der Waals surface area contributed by atoms with E-state index >= 15 is 0 Å². The smallest absolute Gasteiger partial charge is 0.407 e. The number of hydrogen-bond donors (Lipinski definition) is 2. The number of carbonyl (C=O) groups excluding carboxylic acids is 1. The molecule has 2 unspecified atom stereocenters. The van der Waals surface area contributed by atoms with Crippen molar-refractivity contribution < 1.29 is 14.7 Å². The third-order valence-corrected chi connectivity index (χ3v) is 3.08. The number of carbonyl (C=O) groups is 2. The molecule has 2 atom stereocenters. The molecule has 0 aliphatic heterocycles. The summed E-state index contributed by atoms with van der Waals surface area (Å²) in [6.45, 7) is 3.90. The quantitative estimate of drug-likeness (QED) is 0.478. The predicted molar refractivity (Wildman–Crippen MR) is 67.2 cm³/mol. The van der Waals surface area contributed by atoms with Crippen LogP contribution in [0.5, 0.6) is 0 Å². The molecule has 0 bridgehead atoms. The van der Waals surface area contributed by atoms with Crippen molar-refractivity contribution in [3.8, 4) is 0 Å². The molecular formula is C12H24N2O3. The zero-order chi connectivity index (χ0) is 13.3. The fourth-order valence-corrected chi connectivity index (χ4v) is 1.96. The molecule has 0 aliphatic carbocycles. The second-order valence-electron chi connectivity index (χ2n) is 4.23. The molecule has 0 aromatic heterocycles. The number of hydrogen-bond acceptors (Lipinski definition) is 3. The third-order valence-electron chi connectivity index (χ3n) is 3.08. The molecular weight excluding hydrogens is 220 g/mol. The number of amides is 1. The average Bonchev–Trinajstić information content (AvgIpc) is 2.30. The van der Waals surface area contributed by atoms with Crippen molar-refractivity contribution in [2.45, 2.75) is 51.6 Å². The summed E-state index contributed by atoms with van der Waals surface area (Å²) in [5.41, 5.74) is 0. The fourth-order valence-electron chi connectivity index (χ4n) is 1.96. The van der Waals surface area contributed by atoms with Gasteiger partial charge in [-0.1, -0.05) is 26.2 Å². The Balaban J connectivity index is 4.40. The van der Waals surface area contributed by atoms with Gasteiger partial charge in [-0.3, -0.25) is 4.90 Å². The van der Waals surface area contributed by atoms with Gasteiger partial charge in [0.25, 0.3) is 0 Å². The van der Waals surface area contributed by atoms with Crippen molar-refractivity contribution in [2.75, 3.05) is 13.6 Å². The zero-order valence-electron chi connectivity index (χ0n) is 11.0. The largest absolute Gasteiger partial charge is 0.465 e. The van der Waals surface area contributed by atoms with E-state index in [-0.39, 0.29) is 18.6 Å². The molecule has 0 saturated heterocycles. The van der Waals surface area contributed by atoms with Crippen LogP contribution in [0.25, 0.3) is 0 Å².